The molecular weight excluding hydrogens is 436 g/mol. The van der Waals surface area contributed by atoms with Crippen LogP contribution < -0.4 is 10.0 Å². The maximum atomic E-state index is 12.6. The Labute approximate surface area is 183 Å². The van der Waals surface area contributed by atoms with Gasteiger partial charge in [-0.3, -0.25) is 19.6 Å². The second-order valence-corrected chi connectivity index (χ2v) is 9.44. The van der Waals surface area contributed by atoms with E-state index < -0.39 is 10.0 Å². The van der Waals surface area contributed by atoms with Crippen LogP contribution in [0.25, 0.3) is 0 Å². The number of aromatic amines is 1. The summed E-state index contributed by atoms with van der Waals surface area (Å²) in [5.41, 5.74) is 1.90. The van der Waals surface area contributed by atoms with Crippen molar-refractivity contribution in [3.63, 3.8) is 0 Å². The number of amides is 1. The average Bonchev–Trinajstić information content (AvgIpc) is 3.47. The normalized spacial score (nSPS) is 13.6. The van der Waals surface area contributed by atoms with E-state index in [9.17, 15) is 13.2 Å². The van der Waals surface area contributed by atoms with Crippen molar-refractivity contribution in [2.75, 3.05) is 11.9 Å². The molecular formula is C20H20N6O3S2. The number of nitrogens with zero attached hydrogens (tertiary/aromatic N) is 3. The molecule has 0 aliphatic carbocycles. The molecule has 3 aromatic rings. The van der Waals surface area contributed by atoms with Crippen LogP contribution in [0.4, 0.5) is 5.69 Å². The molecule has 9 nitrogen and oxygen atoms in total. The molecule has 0 unspecified atom stereocenters. The van der Waals surface area contributed by atoms with Gasteiger partial charge >= 0.3 is 0 Å². The van der Waals surface area contributed by atoms with Gasteiger partial charge in [-0.2, -0.15) is 5.10 Å². The first-order valence-electron chi connectivity index (χ1n) is 9.54. The van der Waals surface area contributed by atoms with Gasteiger partial charge in [-0.05, 0) is 42.3 Å². The first-order valence-corrected chi connectivity index (χ1v) is 12.0. The van der Waals surface area contributed by atoms with Crippen LogP contribution in [-0.4, -0.2) is 41.9 Å². The molecule has 31 heavy (non-hydrogen) atoms. The van der Waals surface area contributed by atoms with E-state index >= 15 is 0 Å². The van der Waals surface area contributed by atoms with Crippen molar-refractivity contribution in [2.45, 2.75) is 28.6 Å². The molecule has 0 bridgehead atoms. The lowest BCUT2D eigenvalue weighted by atomic mass is 10.1. The van der Waals surface area contributed by atoms with E-state index in [-0.39, 0.29) is 10.8 Å². The van der Waals surface area contributed by atoms with Crippen LogP contribution in [0, 0.1) is 0 Å². The minimum absolute atomic E-state index is 0.0692. The number of aromatic nitrogens is 3. The summed E-state index contributed by atoms with van der Waals surface area (Å²) in [6, 6.07) is 13.3. The molecule has 0 atom stereocenters. The van der Waals surface area contributed by atoms with Crippen LogP contribution in [-0.2, 0) is 15.8 Å². The van der Waals surface area contributed by atoms with E-state index in [0.29, 0.717) is 35.8 Å². The van der Waals surface area contributed by atoms with Gasteiger partial charge in [0.2, 0.25) is 0 Å². The lowest BCUT2D eigenvalue weighted by molar-refractivity contribution is 0.102. The Kier molecular flexibility index (Phi) is 6.33. The molecule has 1 aliphatic heterocycles. The number of rotatable bonds is 7. The number of benzene rings is 2. The van der Waals surface area contributed by atoms with Gasteiger partial charge in [-0.15, -0.1) is 0 Å². The van der Waals surface area contributed by atoms with Crippen molar-refractivity contribution in [3.05, 3.63) is 66.0 Å². The smallest absolute Gasteiger partial charge is 0.262 e. The van der Waals surface area contributed by atoms with Gasteiger partial charge in [-0.25, -0.2) is 13.4 Å². The van der Waals surface area contributed by atoms with E-state index in [2.05, 4.69) is 30.2 Å². The van der Waals surface area contributed by atoms with Gasteiger partial charge in [0.1, 0.15) is 12.2 Å². The summed E-state index contributed by atoms with van der Waals surface area (Å²) in [6.07, 6.45) is 2.91. The molecule has 0 fully saturated rings. The van der Waals surface area contributed by atoms with Gasteiger partial charge in [-0.1, -0.05) is 30.0 Å². The Bertz CT molecular complexity index is 1190. The lowest BCUT2D eigenvalue weighted by Gasteiger charge is -2.10. The van der Waals surface area contributed by atoms with Gasteiger partial charge in [0.15, 0.2) is 5.16 Å². The second kappa shape index (κ2) is 9.31. The number of anilines is 1. The monoisotopic (exact) mass is 456 g/mol. The summed E-state index contributed by atoms with van der Waals surface area (Å²) in [7, 11) is -3.74. The molecule has 0 saturated heterocycles. The summed E-state index contributed by atoms with van der Waals surface area (Å²) in [4.78, 5) is 20.8. The number of thioether (sulfide) groups is 1. The Morgan fingerprint density at radius 3 is 2.71 bits per heavy atom. The molecule has 160 valence electrons. The van der Waals surface area contributed by atoms with Gasteiger partial charge in [0, 0.05) is 30.0 Å². The third kappa shape index (κ3) is 5.50. The SMILES string of the molecule is O=C(Nc1cccc(S(=O)(=O)NC2=NCCC2)c1)c1ccc(CSc2ncn[nH]2)cc1. The van der Waals surface area contributed by atoms with E-state index in [4.69, 9.17) is 0 Å². The number of hydrogen-bond donors (Lipinski definition) is 3. The quantitative estimate of drug-likeness (QED) is 0.469. The molecule has 2 heterocycles. The summed E-state index contributed by atoms with van der Waals surface area (Å²) in [5.74, 6) is 0.836. The number of H-pyrrole nitrogens is 1. The van der Waals surface area contributed by atoms with Crippen molar-refractivity contribution >= 4 is 39.2 Å². The largest absolute Gasteiger partial charge is 0.322 e. The molecule has 0 saturated carbocycles. The maximum Gasteiger partial charge on any atom is 0.262 e. The van der Waals surface area contributed by atoms with Crippen molar-refractivity contribution < 1.29 is 13.2 Å². The van der Waals surface area contributed by atoms with Crippen molar-refractivity contribution in [1.29, 1.82) is 0 Å². The summed E-state index contributed by atoms with van der Waals surface area (Å²) in [6.45, 7) is 0.630. The molecule has 2 aromatic carbocycles. The van der Waals surface area contributed by atoms with Gasteiger partial charge in [0.25, 0.3) is 15.9 Å². The molecule has 1 amide bonds. The van der Waals surface area contributed by atoms with Crippen LogP contribution in [0.1, 0.15) is 28.8 Å². The van der Waals surface area contributed by atoms with Crippen LogP contribution in [0.3, 0.4) is 0 Å². The number of carbonyl (C=O) groups is 1. The summed E-state index contributed by atoms with van der Waals surface area (Å²) in [5, 5.41) is 10.1. The molecule has 11 heteroatoms. The Balaban J connectivity index is 1.39. The minimum Gasteiger partial charge on any atom is -0.322 e. The number of hydrogen-bond acceptors (Lipinski definition) is 7. The van der Waals surface area contributed by atoms with E-state index in [1.165, 1.54) is 30.2 Å². The van der Waals surface area contributed by atoms with Crippen molar-refractivity contribution in [2.24, 2.45) is 4.99 Å². The van der Waals surface area contributed by atoms with Crippen LogP contribution in [0.5, 0.6) is 0 Å². The third-order valence-corrected chi connectivity index (χ3v) is 6.84. The zero-order valence-corrected chi connectivity index (χ0v) is 18.0. The summed E-state index contributed by atoms with van der Waals surface area (Å²) < 4.78 is 27.6. The molecule has 1 aliphatic rings. The number of amidine groups is 1. The molecule has 3 N–H and O–H groups in total. The topological polar surface area (TPSA) is 129 Å². The second-order valence-electron chi connectivity index (χ2n) is 6.80. The highest BCUT2D eigenvalue weighted by Crippen LogP contribution is 2.20. The highest BCUT2D eigenvalue weighted by molar-refractivity contribution is 7.98. The minimum atomic E-state index is -3.74. The van der Waals surface area contributed by atoms with E-state index in [0.717, 1.165) is 17.1 Å². The molecule has 1 aromatic heterocycles. The number of aliphatic imine (C=N–C) groups is 1. The van der Waals surface area contributed by atoms with Crippen molar-refractivity contribution in [3.8, 4) is 0 Å². The number of carbonyl (C=O) groups excluding carboxylic acids is 1. The molecule has 4 rings (SSSR count). The first kappa shape index (κ1) is 21.1. The van der Waals surface area contributed by atoms with Crippen molar-refractivity contribution in [1.82, 2.24) is 19.9 Å². The van der Waals surface area contributed by atoms with Gasteiger partial charge < -0.3 is 5.32 Å². The lowest BCUT2D eigenvalue weighted by Crippen LogP contribution is -2.29. The zero-order chi connectivity index (χ0) is 21.7. The fourth-order valence-corrected chi connectivity index (χ4v) is 4.82. The Hall–Kier alpha value is -3.18. The third-order valence-electron chi connectivity index (χ3n) is 4.51. The van der Waals surface area contributed by atoms with Crippen LogP contribution in [0.15, 0.2) is 69.9 Å². The Morgan fingerprint density at radius 1 is 1.16 bits per heavy atom. The first-order chi connectivity index (χ1) is 15.0. The molecule has 0 radical (unpaired) electrons. The summed E-state index contributed by atoms with van der Waals surface area (Å²) >= 11 is 1.51. The average molecular weight is 457 g/mol. The predicted molar refractivity (Wildman–Crippen MR) is 119 cm³/mol. The van der Waals surface area contributed by atoms with Crippen LogP contribution in [0.2, 0.25) is 0 Å². The predicted octanol–water partition coefficient (Wildman–Crippen LogP) is 2.82. The Morgan fingerprint density at radius 2 is 2.00 bits per heavy atom. The van der Waals surface area contributed by atoms with Gasteiger partial charge in [0.05, 0.1) is 4.90 Å². The van der Waals surface area contributed by atoms with E-state index in [1.54, 1.807) is 24.3 Å². The number of nitrogens with one attached hydrogen (secondary N) is 3. The zero-order valence-electron chi connectivity index (χ0n) is 16.4. The maximum absolute atomic E-state index is 12.6. The highest BCUT2D eigenvalue weighted by Gasteiger charge is 2.19. The molecule has 0 spiro atoms. The highest BCUT2D eigenvalue weighted by atomic mass is 32.2. The number of sulfonamides is 1. The fourth-order valence-electron chi connectivity index (χ4n) is 2.95. The standard InChI is InChI=1S/C20H20N6O3S2/c27-19(15-8-6-14(7-9-15)12-30-20-22-13-23-25-20)24-16-3-1-4-17(11-16)31(28,29)26-18-5-2-10-21-18/h1,3-4,6-9,11,13H,2,5,10,12H2,(H,21,26)(H,24,27)(H,22,23,25). The van der Waals surface area contributed by atoms with E-state index in [1.807, 2.05) is 12.1 Å². The van der Waals surface area contributed by atoms with Crippen LogP contribution >= 0.6 is 11.8 Å². The fraction of sp³-hybridized carbons (Fsp3) is 0.200.